The second kappa shape index (κ2) is 3.44. The number of hydrogen-bond acceptors (Lipinski definition) is 2. The van der Waals surface area contributed by atoms with Crippen molar-refractivity contribution in [2.75, 3.05) is 12.4 Å². The molecular formula is C13H17NO. The first kappa shape index (κ1) is 9.08. The largest absolute Gasteiger partial charge is 0.497 e. The summed E-state index contributed by atoms with van der Waals surface area (Å²) in [6.45, 7) is 0. The van der Waals surface area contributed by atoms with Crippen LogP contribution < -0.4 is 10.1 Å². The van der Waals surface area contributed by atoms with Gasteiger partial charge in [0.25, 0.3) is 0 Å². The Morgan fingerprint density at radius 1 is 1.27 bits per heavy atom. The fourth-order valence-corrected chi connectivity index (χ4v) is 2.99. The van der Waals surface area contributed by atoms with Gasteiger partial charge in [-0.3, -0.25) is 0 Å². The predicted molar refractivity (Wildman–Crippen MR) is 61.6 cm³/mol. The third kappa shape index (κ3) is 1.39. The summed E-state index contributed by atoms with van der Waals surface area (Å²) in [7, 11) is 1.73. The monoisotopic (exact) mass is 203 g/mol. The number of benzene rings is 1. The third-order valence-corrected chi connectivity index (χ3v) is 3.77. The standard InChI is InChI=1S/C13H17NO/c1-15-9-6-7-11-10-4-2-3-5-12(10)14-13(11)8-9/h6-8,10,12,14H,2-5H2,1H3. The normalized spacial score (nSPS) is 27.8. The highest BCUT2D eigenvalue weighted by molar-refractivity contribution is 5.62. The Labute approximate surface area is 90.6 Å². The Morgan fingerprint density at radius 2 is 2.13 bits per heavy atom. The first-order valence-corrected chi connectivity index (χ1v) is 5.83. The van der Waals surface area contributed by atoms with Crippen LogP contribution in [0.1, 0.15) is 37.2 Å². The molecule has 1 aliphatic carbocycles. The van der Waals surface area contributed by atoms with Gasteiger partial charge < -0.3 is 10.1 Å². The lowest BCUT2D eigenvalue weighted by atomic mass is 9.83. The van der Waals surface area contributed by atoms with Crippen molar-refractivity contribution >= 4 is 5.69 Å². The zero-order valence-electron chi connectivity index (χ0n) is 9.12. The minimum absolute atomic E-state index is 0.681. The molecule has 0 bridgehead atoms. The first-order valence-electron chi connectivity index (χ1n) is 5.83. The smallest absolute Gasteiger partial charge is 0.120 e. The molecule has 1 N–H and O–H groups in total. The van der Waals surface area contributed by atoms with E-state index in [-0.39, 0.29) is 0 Å². The molecule has 0 amide bonds. The van der Waals surface area contributed by atoms with E-state index in [9.17, 15) is 0 Å². The second-order valence-corrected chi connectivity index (χ2v) is 4.59. The Balaban J connectivity index is 1.96. The van der Waals surface area contributed by atoms with E-state index in [2.05, 4.69) is 23.5 Å². The predicted octanol–water partition coefficient (Wildman–Crippen LogP) is 3.15. The van der Waals surface area contributed by atoms with Gasteiger partial charge in [-0.2, -0.15) is 0 Å². The molecule has 1 aromatic carbocycles. The number of hydrogen-bond donors (Lipinski definition) is 1. The molecular weight excluding hydrogens is 186 g/mol. The van der Waals surface area contributed by atoms with Crippen LogP contribution in [0, 0.1) is 0 Å². The molecule has 0 radical (unpaired) electrons. The average Bonchev–Trinajstić information content (AvgIpc) is 2.66. The van der Waals surface area contributed by atoms with Crippen LogP contribution in [0.5, 0.6) is 5.75 Å². The van der Waals surface area contributed by atoms with E-state index in [0.29, 0.717) is 6.04 Å². The Hall–Kier alpha value is -1.18. The molecule has 0 spiro atoms. The molecule has 1 heterocycles. The summed E-state index contributed by atoms with van der Waals surface area (Å²) in [5, 5.41) is 3.63. The van der Waals surface area contributed by atoms with Crippen LogP contribution in [-0.4, -0.2) is 13.2 Å². The van der Waals surface area contributed by atoms with Crippen LogP contribution in [0.2, 0.25) is 0 Å². The Morgan fingerprint density at radius 3 is 3.00 bits per heavy atom. The summed E-state index contributed by atoms with van der Waals surface area (Å²) in [5.41, 5.74) is 2.80. The molecule has 80 valence electrons. The minimum Gasteiger partial charge on any atom is -0.497 e. The van der Waals surface area contributed by atoms with E-state index in [1.165, 1.54) is 36.9 Å². The lowest BCUT2D eigenvalue weighted by Gasteiger charge is -2.25. The van der Waals surface area contributed by atoms with Crippen LogP contribution in [0.3, 0.4) is 0 Å². The van der Waals surface area contributed by atoms with Gasteiger partial charge in [-0.05, 0) is 24.5 Å². The highest BCUT2D eigenvalue weighted by atomic mass is 16.5. The summed E-state index contributed by atoms with van der Waals surface area (Å²) in [4.78, 5) is 0. The van der Waals surface area contributed by atoms with Gasteiger partial charge in [0.2, 0.25) is 0 Å². The zero-order chi connectivity index (χ0) is 10.3. The molecule has 2 unspecified atom stereocenters. The maximum absolute atomic E-state index is 5.25. The average molecular weight is 203 g/mol. The fraction of sp³-hybridized carbons (Fsp3) is 0.538. The topological polar surface area (TPSA) is 21.3 Å². The van der Waals surface area contributed by atoms with Gasteiger partial charge in [0.15, 0.2) is 0 Å². The minimum atomic E-state index is 0.681. The van der Waals surface area contributed by atoms with E-state index in [4.69, 9.17) is 4.74 Å². The molecule has 1 fully saturated rings. The van der Waals surface area contributed by atoms with Gasteiger partial charge in [0.05, 0.1) is 7.11 Å². The van der Waals surface area contributed by atoms with Crippen molar-refractivity contribution in [3.05, 3.63) is 23.8 Å². The van der Waals surface area contributed by atoms with Gasteiger partial charge >= 0.3 is 0 Å². The molecule has 1 aliphatic heterocycles. The number of nitrogens with one attached hydrogen (secondary N) is 1. The molecule has 15 heavy (non-hydrogen) atoms. The van der Waals surface area contributed by atoms with Gasteiger partial charge in [-0.1, -0.05) is 18.9 Å². The Bertz CT molecular complexity index is 375. The van der Waals surface area contributed by atoms with Crippen molar-refractivity contribution in [1.29, 1.82) is 0 Å². The van der Waals surface area contributed by atoms with E-state index in [0.717, 1.165) is 11.7 Å². The third-order valence-electron chi connectivity index (χ3n) is 3.77. The molecule has 1 aromatic rings. The number of fused-ring (bicyclic) bond motifs is 3. The molecule has 2 atom stereocenters. The molecule has 2 nitrogen and oxygen atoms in total. The number of rotatable bonds is 1. The molecule has 2 aliphatic rings. The van der Waals surface area contributed by atoms with Crippen molar-refractivity contribution in [2.24, 2.45) is 0 Å². The summed E-state index contributed by atoms with van der Waals surface area (Å²) in [6.07, 6.45) is 5.42. The van der Waals surface area contributed by atoms with Crippen LogP contribution in [0.4, 0.5) is 5.69 Å². The lowest BCUT2D eigenvalue weighted by Crippen LogP contribution is -2.23. The van der Waals surface area contributed by atoms with Crippen molar-refractivity contribution in [3.8, 4) is 5.75 Å². The maximum atomic E-state index is 5.25. The van der Waals surface area contributed by atoms with Crippen molar-refractivity contribution in [2.45, 2.75) is 37.6 Å². The quantitative estimate of drug-likeness (QED) is 0.757. The number of anilines is 1. The van der Waals surface area contributed by atoms with Crippen LogP contribution in [-0.2, 0) is 0 Å². The molecule has 3 rings (SSSR count). The van der Waals surface area contributed by atoms with E-state index < -0.39 is 0 Å². The van der Waals surface area contributed by atoms with Crippen LogP contribution in [0.15, 0.2) is 18.2 Å². The summed E-state index contributed by atoms with van der Waals surface area (Å²) < 4.78 is 5.25. The van der Waals surface area contributed by atoms with E-state index >= 15 is 0 Å². The molecule has 2 heteroatoms. The summed E-state index contributed by atoms with van der Waals surface area (Å²) in [5.74, 6) is 1.71. The molecule has 0 saturated heterocycles. The van der Waals surface area contributed by atoms with Crippen molar-refractivity contribution in [1.82, 2.24) is 0 Å². The summed E-state index contributed by atoms with van der Waals surface area (Å²) >= 11 is 0. The van der Waals surface area contributed by atoms with Gasteiger partial charge in [-0.25, -0.2) is 0 Å². The molecule has 1 saturated carbocycles. The lowest BCUT2D eigenvalue weighted by molar-refractivity contribution is 0.414. The maximum Gasteiger partial charge on any atom is 0.120 e. The van der Waals surface area contributed by atoms with Gasteiger partial charge in [0.1, 0.15) is 5.75 Å². The van der Waals surface area contributed by atoms with Crippen molar-refractivity contribution in [3.63, 3.8) is 0 Å². The summed E-state index contributed by atoms with van der Waals surface area (Å²) in [6, 6.07) is 7.13. The number of ether oxygens (including phenoxy) is 1. The second-order valence-electron chi connectivity index (χ2n) is 4.59. The first-order chi connectivity index (χ1) is 7.38. The number of methoxy groups -OCH3 is 1. The SMILES string of the molecule is COc1ccc2c(c1)NC1CCCCC21. The highest BCUT2D eigenvalue weighted by Gasteiger charge is 2.33. The highest BCUT2D eigenvalue weighted by Crippen LogP contribution is 2.44. The molecule has 0 aromatic heterocycles. The van der Waals surface area contributed by atoms with Gasteiger partial charge in [-0.15, -0.1) is 0 Å². The van der Waals surface area contributed by atoms with Crippen LogP contribution >= 0.6 is 0 Å². The van der Waals surface area contributed by atoms with E-state index in [1.807, 2.05) is 0 Å². The van der Waals surface area contributed by atoms with Crippen LogP contribution in [0.25, 0.3) is 0 Å². The zero-order valence-corrected chi connectivity index (χ0v) is 9.12. The van der Waals surface area contributed by atoms with Crippen molar-refractivity contribution < 1.29 is 4.74 Å². The van der Waals surface area contributed by atoms with Gasteiger partial charge in [0, 0.05) is 23.7 Å². The fourth-order valence-electron chi connectivity index (χ4n) is 2.99. The Kier molecular flexibility index (Phi) is 2.08. The van der Waals surface area contributed by atoms with E-state index in [1.54, 1.807) is 7.11 Å².